The van der Waals surface area contributed by atoms with Crippen LogP contribution in [0.25, 0.3) is 0 Å². The van der Waals surface area contributed by atoms with Crippen LogP contribution in [0.3, 0.4) is 0 Å². The van der Waals surface area contributed by atoms with Gasteiger partial charge in [-0.25, -0.2) is 13.6 Å². The molecular formula is C17H16F2O3. The first-order valence-electron chi connectivity index (χ1n) is 6.70. The molecule has 0 saturated carbocycles. The second-order valence-electron chi connectivity index (χ2n) is 4.77. The van der Waals surface area contributed by atoms with Crippen molar-refractivity contribution in [3.63, 3.8) is 0 Å². The van der Waals surface area contributed by atoms with Crippen molar-refractivity contribution >= 4 is 5.97 Å². The van der Waals surface area contributed by atoms with E-state index in [0.29, 0.717) is 5.56 Å². The highest BCUT2D eigenvalue weighted by Crippen LogP contribution is 2.30. The summed E-state index contributed by atoms with van der Waals surface area (Å²) in [5.74, 6) is -0.470. The summed E-state index contributed by atoms with van der Waals surface area (Å²) in [6.07, 6.45) is -2.66. The fourth-order valence-corrected chi connectivity index (χ4v) is 2.06. The molecule has 0 aliphatic heterocycles. The monoisotopic (exact) mass is 306 g/mol. The first-order chi connectivity index (χ1) is 10.5. The van der Waals surface area contributed by atoms with E-state index in [0.717, 1.165) is 11.6 Å². The van der Waals surface area contributed by atoms with Gasteiger partial charge in [0.25, 0.3) is 6.43 Å². The van der Waals surface area contributed by atoms with E-state index in [4.69, 9.17) is 4.74 Å². The minimum atomic E-state index is -2.66. The summed E-state index contributed by atoms with van der Waals surface area (Å²) in [4.78, 5) is 11.8. The number of hydrogen-bond acceptors (Lipinski definition) is 3. The molecule has 0 aliphatic carbocycles. The second-order valence-corrected chi connectivity index (χ2v) is 4.77. The Bertz CT molecular complexity index is 654. The molecule has 0 fully saturated rings. The normalized spacial score (nSPS) is 10.6. The first kappa shape index (κ1) is 15.9. The summed E-state index contributed by atoms with van der Waals surface area (Å²) in [7, 11) is 1.20. The lowest BCUT2D eigenvalue weighted by Gasteiger charge is -2.14. The molecule has 2 aromatic rings. The molecule has 0 unspecified atom stereocenters. The van der Waals surface area contributed by atoms with Crippen LogP contribution in [0.2, 0.25) is 0 Å². The van der Waals surface area contributed by atoms with Crippen molar-refractivity contribution in [1.29, 1.82) is 0 Å². The Balaban J connectivity index is 2.32. The lowest BCUT2D eigenvalue weighted by atomic mass is 10.0. The number of rotatable bonds is 5. The van der Waals surface area contributed by atoms with Crippen molar-refractivity contribution in [2.24, 2.45) is 0 Å². The molecule has 0 N–H and O–H groups in total. The highest BCUT2D eigenvalue weighted by molar-refractivity contribution is 5.92. The fourth-order valence-electron chi connectivity index (χ4n) is 2.06. The zero-order valence-corrected chi connectivity index (χ0v) is 12.3. The minimum absolute atomic E-state index is 0.000619. The number of hydrogen-bond donors (Lipinski definition) is 0. The van der Waals surface area contributed by atoms with Crippen LogP contribution in [0.5, 0.6) is 5.75 Å². The number of esters is 1. The summed E-state index contributed by atoms with van der Waals surface area (Å²) in [6.45, 7) is 1.79. The number of aryl methyl sites for hydroxylation is 1. The van der Waals surface area contributed by atoms with Crippen LogP contribution in [0.1, 0.15) is 33.5 Å². The molecule has 116 valence electrons. The van der Waals surface area contributed by atoms with Crippen molar-refractivity contribution < 1.29 is 23.0 Å². The van der Waals surface area contributed by atoms with Crippen molar-refractivity contribution in [2.45, 2.75) is 20.0 Å². The van der Waals surface area contributed by atoms with Crippen LogP contribution in [0.15, 0.2) is 42.5 Å². The molecule has 0 bridgehead atoms. The van der Waals surface area contributed by atoms with E-state index < -0.39 is 12.4 Å². The maximum absolute atomic E-state index is 13.0. The quantitative estimate of drug-likeness (QED) is 0.773. The first-order valence-corrected chi connectivity index (χ1v) is 6.70. The maximum atomic E-state index is 13.0. The van der Waals surface area contributed by atoms with Crippen LogP contribution in [0.4, 0.5) is 8.78 Å². The average molecular weight is 306 g/mol. The van der Waals surface area contributed by atoms with Crippen LogP contribution < -0.4 is 4.74 Å². The Morgan fingerprint density at radius 2 is 1.86 bits per heavy atom. The lowest BCUT2D eigenvalue weighted by molar-refractivity contribution is 0.0595. The molecule has 0 amide bonds. The zero-order chi connectivity index (χ0) is 16.1. The van der Waals surface area contributed by atoms with Crippen molar-refractivity contribution in [1.82, 2.24) is 0 Å². The predicted molar refractivity (Wildman–Crippen MR) is 78.2 cm³/mol. The number of benzene rings is 2. The van der Waals surface area contributed by atoms with Gasteiger partial charge in [-0.1, -0.05) is 30.3 Å². The van der Waals surface area contributed by atoms with Gasteiger partial charge in [-0.05, 0) is 30.2 Å². The van der Waals surface area contributed by atoms with E-state index in [9.17, 15) is 13.6 Å². The van der Waals surface area contributed by atoms with Gasteiger partial charge in [0.15, 0.2) is 0 Å². The summed E-state index contributed by atoms with van der Waals surface area (Å²) < 4.78 is 36.2. The summed E-state index contributed by atoms with van der Waals surface area (Å²) in [5, 5.41) is 0. The van der Waals surface area contributed by atoms with Gasteiger partial charge in [0, 0.05) is 5.56 Å². The Morgan fingerprint density at radius 1 is 1.18 bits per heavy atom. The van der Waals surface area contributed by atoms with E-state index in [1.54, 1.807) is 6.92 Å². The number of carbonyl (C=O) groups is 1. The van der Waals surface area contributed by atoms with Gasteiger partial charge in [-0.3, -0.25) is 0 Å². The Morgan fingerprint density at radius 3 is 2.45 bits per heavy atom. The number of methoxy groups -OCH3 is 1. The Kier molecular flexibility index (Phi) is 5.09. The highest BCUT2D eigenvalue weighted by atomic mass is 19.3. The van der Waals surface area contributed by atoms with Gasteiger partial charge in [0.1, 0.15) is 17.9 Å². The average Bonchev–Trinajstić information content (AvgIpc) is 2.52. The van der Waals surface area contributed by atoms with Crippen LogP contribution in [-0.2, 0) is 11.3 Å². The molecule has 5 heteroatoms. The molecule has 0 radical (unpaired) electrons. The molecule has 0 heterocycles. The number of alkyl halides is 2. The highest BCUT2D eigenvalue weighted by Gasteiger charge is 2.20. The molecule has 0 saturated heterocycles. The van der Waals surface area contributed by atoms with Gasteiger partial charge >= 0.3 is 5.97 Å². The lowest BCUT2D eigenvalue weighted by Crippen LogP contribution is -2.08. The van der Waals surface area contributed by atoms with Gasteiger partial charge in [0.2, 0.25) is 0 Å². The van der Waals surface area contributed by atoms with Gasteiger partial charge in [-0.2, -0.15) is 0 Å². The third kappa shape index (κ3) is 3.61. The predicted octanol–water partition coefficient (Wildman–Crippen LogP) is 4.30. The van der Waals surface area contributed by atoms with E-state index in [1.165, 1.54) is 13.2 Å². The molecule has 2 aromatic carbocycles. The van der Waals surface area contributed by atoms with Gasteiger partial charge in [-0.15, -0.1) is 0 Å². The second kappa shape index (κ2) is 7.02. The van der Waals surface area contributed by atoms with Crippen LogP contribution in [0, 0.1) is 6.92 Å². The SMILES string of the molecule is COC(=O)c1cc(C(F)F)c(C)cc1OCc1ccccc1. The summed E-state index contributed by atoms with van der Waals surface area (Å²) in [5.41, 5.74) is 1.08. The standard InChI is InChI=1S/C17H16F2O3/c1-11-8-15(22-10-12-6-4-3-5-7-12)14(17(20)21-2)9-13(11)16(18)19/h3-9,16H,10H2,1-2H3. The summed E-state index contributed by atoms with van der Waals surface area (Å²) in [6, 6.07) is 11.9. The van der Waals surface area contributed by atoms with E-state index >= 15 is 0 Å². The summed E-state index contributed by atoms with van der Waals surface area (Å²) >= 11 is 0. The number of ether oxygens (including phenoxy) is 2. The molecule has 0 spiro atoms. The molecule has 3 nitrogen and oxygen atoms in total. The van der Waals surface area contributed by atoms with Gasteiger partial charge < -0.3 is 9.47 Å². The topological polar surface area (TPSA) is 35.5 Å². The fraction of sp³-hybridized carbons (Fsp3) is 0.235. The third-order valence-electron chi connectivity index (χ3n) is 3.25. The zero-order valence-electron chi connectivity index (χ0n) is 12.3. The molecule has 0 aliphatic rings. The Labute approximate surface area is 127 Å². The molecular weight excluding hydrogens is 290 g/mol. The minimum Gasteiger partial charge on any atom is -0.488 e. The van der Waals surface area contributed by atoms with Crippen LogP contribution in [-0.4, -0.2) is 13.1 Å². The van der Waals surface area contributed by atoms with E-state index in [2.05, 4.69) is 4.74 Å². The number of carbonyl (C=O) groups excluding carboxylic acids is 1. The number of halogens is 2. The molecule has 0 aromatic heterocycles. The molecule has 0 atom stereocenters. The van der Waals surface area contributed by atoms with Crippen molar-refractivity contribution in [2.75, 3.05) is 7.11 Å². The molecule has 2 rings (SSSR count). The largest absolute Gasteiger partial charge is 0.488 e. The molecule has 22 heavy (non-hydrogen) atoms. The van der Waals surface area contributed by atoms with Crippen molar-refractivity contribution in [3.8, 4) is 5.75 Å². The third-order valence-corrected chi connectivity index (χ3v) is 3.25. The maximum Gasteiger partial charge on any atom is 0.341 e. The van der Waals surface area contributed by atoms with E-state index in [-0.39, 0.29) is 23.5 Å². The van der Waals surface area contributed by atoms with Gasteiger partial charge in [0.05, 0.1) is 7.11 Å². The Hall–Kier alpha value is -2.43. The smallest absolute Gasteiger partial charge is 0.341 e. The van der Waals surface area contributed by atoms with Crippen LogP contribution >= 0.6 is 0 Å². The van der Waals surface area contributed by atoms with E-state index in [1.807, 2.05) is 30.3 Å². The van der Waals surface area contributed by atoms with Crippen molar-refractivity contribution in [3.05, 3.63) is 64.7 Å².